The highest BCUT2D eigenvalue weighted by Crippen LogP contribution is 2.33. The van der Waals surface area contributed by atoms with Crippen molar-refractivity contribution in [1.29, 1.82) is 0 Å². The van der Waals surface area contributed by atoms with Gasteiger partial charge in [-0.15, -0.1) is 24.8 Å². The van der Waals surface area contributed by atoms with Gasteiger partial charge in [0.2, 0.25) is 5.91 Å². The summed E-state index contributed by atoms with van der Waals surface area (Å²) in [6.45, 7) is 1.52. The highest BCUT2D eigenvalue weighted by Gasteiger charge is 2.37. The van der Waals surface area contributed by atoms with E-state index in [1.54, 1.807) is 0 Å². The van der Waals surface area contributed by atoms with Gasteiger partial charge in [-0.3, -0.25) is 4.79 Å². The summed E-state index contributed by atoms with van der Waals surface area (Å²) in [5.41, 5.74) is 2.50. The standard InChI is InChI=1S/C19H29N3O.2ClH/c1-22(2)13-16-9-4-3-8-15(16)12-20-19(23)18-11-14-7-5-6-10-17(14)21-18;;/h3-4,8-9,14,17-18,21H,5-7,10-13H2,1-2H3,(H,20,23);2*1H. The van der Waals surface area contributed by atoms with E-state index < -0.39 is 0 Å². The average Bonchev–Trinajstić information content (AvgIpc) is 2.97. The Hall–Kier alpha value is -0.810. The molecule has 6 heteroatoms. The molecule has 1 amide bonds. The van der Waals surface area contributed by atoms with Gasteiger partial charge < -0.3 is 15.5 Å². The number of hydrogen-bond acceptors (Lipinski definition) is 3. The Morgan fingerprint density at radius 1 is 1.16 bits per heavy atom. The van der Waals surface area contributed by atoms with Crippen molar-refractivity contribution in [2.24, 2.45) is 5.92 Å². The molecule has 1 aromatic rings. The second-order valence-electron chi connectivity index (χ2n) is 7.33. The van der Waals surface area contributed by atoms with Crippen molar-refractivity contribution in [2.75, 3.05) is 14.1 Å². The lowest BCUT2D eigenvalue weighted by atomic mass is 9.85. The lowest BCUT2D eigenvalue weighted by Crippen LogP contribution is -2.43. The van der Waals surface area contributed by atoms with Crippen molar-refractivity contribution < 1.29 is 4.79 Å². The normalized spacial score (nSPS) is 24.8. The quantitative estimate of drug-likeness (QED) is 0.815. The molecule has 0 aromatic heterocycles. The highest BCUT2D eigenvalue weighted by molar-refractivity contribution is 5.85. The first kappa shape index (κ1) is 22.2. The molecule has 3 rings (SSSR count). The van der Waals surface area contributed by atoms with Gasteiger partial charge in [0.1, 0.15) is 0 Å². The van der Waals surface area contributed by atoms with Gasteiger partial charge in [0.15, 0.2) is 0 Å². The zero-order valence-corrected chi connectivity index (χ0v) is 16.8. The second kappa shape index (κ2) is 10.4. The fourth-order valence-electron chi connectivity index (χ4n) is 4.05. The summed E-state index contributed by atoms with van der Waals surface area (Å²) in [6.07, 6.45) is 6.17. The number of halogens is 2. The molecule has 25 heavy (non-hydrogen) atoms. The summed E-state index contributed by atoms with van der Waals surface area (Å²) in [7, 11) is 4.14. The molecular weight excluding hydrogens is 357 g/mol. The third-order valence-corrected chi connectivity index (χ3v) is 5.24. The van der Waals surface area contributed by atoms with Gasteiger partial charge >= 0.3 is 0 Å². The predicted octanol–water partition coefficient (Wildman–Crippen LogP) is 3.13. The Bertz CT molecular complexity index is 539. The molecule has 1 aliphatic heterocycles. The van der Waals surface area contributed by atoms with Gasteiger partial charge in [0.25, 0.3) is 0 Å². The van der Waals surface area contributed by atoms with E-state index in [1.807, 2.05) is 6.07 Å². The Morgan fingerprint density at radius 2 is 1.84 bits per heavy atom. The molecule has 1 aliphatic carbocycles. The van der Waals surface area contributed by atoms with Crippen LogP contribution in [0.3, 0.4) is 0 Å². The van der Waals surface area contributed by atoms with Gasteiger partial charge in [-0.05, 0) is 50.4 Å². The largest absolute Gasteiger partial charge is 0.351 e. The second-order valence-corrected chi connectivity index (χ2v) is 7.33. The van der Waals surface area contributed by atoms with Crippen molar-refractivity contribution in [3.8, 4) is 0 Å². The topological polar surface area (TPSA) is 44.4 Å². The van der Waals surface area contributed by atoms with Crippen LogP contribution >= 0.6 is 24.8 Å². The van der Waals surface area contributed by atoms with Crippen molar-refractivity contribution in [2.45, 2.75) is 57.3 Å². The van der Waals surface area contributed by atoms with E-state index in [-0.39, 0.29) is 36.8 Å². The maximum Gasteiger partial charge on any atom is 0.237 e. The van der Waals surface area contributed by atoms with Crippen LogP contribution in [0.25, 0.3) is 0 Å². The van der Waals surface area contributed by atoms with Gasteiger partial charge in [0, 0.05) is 19.1 Å². The third-order valence-electron chi connectivity index (χ3n) is 5.24. The van der Waals surface area contributed by atoms with Crippen LogP contribution in [0.4, 0.5) is 0 Å². The lowest BCUT2D eigenvalue weighted by Gasteiger charge is -2.24. The van der Waals surface area contributed by atoms with E-state index in [0.29, 0.717) is 18.5 Å². The molecule has 0 bridgehead atoms. The van der Waals surface area contributed by atoms with E-state index in [9.17, 15) is 4.79 Å². The first-order valence-electron chi connectivity index (χ1n) is 8.89. The third kappa shape index (κ3) is 5.85. The maximum absolute atomic E-state index is 12.5. The number of carbonyl (C=O) groups is 1. The molecular formula is C19H31Cl2N3O. The van der Waals surface area contributed by atoms with Gasteiger partial charge in [-0.1, -0.05) is 37.1 Å². The molecule has 0 radical (unpaired) electrons. The summed E-state index contributed by atoms with van der Waals surface area (Å²) in [4.78, 5) is 14.7. The number of benzene rings is 1. The first-order valence-corrected chi connectivity index (χ1v) is 8.89. The van der Waals surface area contributed by atoms with E-state index in [1.165, 1.54) is 36.8 Å². The van der Waals surface area contributed by atoms with Crippen LogP contribution in [-0.4, -0.2) is 37.0 Å². The summed E-state index contributed by atoms with van der Waals surface area (Å²) >= 11 is 0. The van der Waals surface area contributed by atoms with Crippen LogP contribution < -0.4 is 10.6 Å². The molecule has 2 N–H and O–H groups in total. The number of hydrogen-bond donors (Lipinski definition) is 2. The molecule has 2 aliphatic rings. The number of nitrogens with one attached hydrogen (secondary N) is 2. The van der Waals surface area contributed by atoms with Crippen LogP contribution in [0.5, 0.6) is 0 Å². The summed E-state index contributed by atoms with van der Waals surface area (Å²) in [5, 5.41) is 6.70. The van der Waals surface area contributed by atoms with Gasteiger partial charge in [-0.2, -0.15) is 0 Å². The Morgan fingerprint density at radius 3 is 2.52 bits per heavy atom. The molecule has 1 saturated heterocycles. The minimum Gasteiger partial charge on any atom is -0.351 e. The molecule has 0 spiro atoms. The zero-order valence-electron chi connectivity index (χ0n) is 15.2. The monoisotopic (exact) mass is 387 g/mol. The van der Waals surface area contributed by atoms with Gasteiger partial charge in [-0.25, -0.2) is 0 Å². The van der Waals surface area contributed by atoms with Crippen LogP contribution in [-0.2, 0) is 17.9 Å². The SMILES string of the molecule is CN(C)Cc1ccccc1CNC(=O)C1CC2CCCCC2N1.Cl.Cl. The molecule has 3 atom stereocenters. The Balaban J connectivity index is 0.00000156. The van der Waals surface area contributed by atoms with Crippen LogP contribution in [0, 0.1) is 5.92 Å². The summed E-state index contributed by atoms with van der Waals surface area (Å²) < 4.78 is 0. The Kier molecular flexibility index (Phi) is 9.22. The molecule has 4 nitrogen and oxygen atoms in total. The number of nitrogens with zero attached hydrogens (tertiary/aromatic N) is 1. The Labute approximate surface area is 163 Å². The average molecular weight is 388 g/mol. The molecule has 3 unspecified atom stereocenters. The maximum atomic E-state index is 12.5. The lowest BCUT2D eigenvalue weighted by molar-refractivity contribution is -0.123. The van der Waals surface area contributed by atoms with Crippen molar-refractivity contribution in [1.82, 2.24) is 15.5 Å². The smallest absolute Gasteiger partial charge is 0.237 e. The molecule has 2 fully saturated rings. The van der Waals surface area contributed by atoms with E-state index in [0.717, 1.165) is 13.0 Å². The molecule has 1 saturated carbocycles. The number of fused-ring (bicyclic) bond motifs is 1. The van der Waals surface area contributed by atoms with E-state index in [2.05, 4.69) is 47.8 Å². The number of rotatable bonds is 5. The first-order chi connectivity index (χ1) is 11.1. The van der Waals surface area contributed by atoms with Gasteiger partial charge in [0.05, 0.1) is 6.04 Å². The van der Waals surface area contributed by atoms with Crippen LogP contribution in [0.2, 0.25) is 0 Å². The molecule has 142 valence electrons. The number of carbonyl (C=O) groups excluding carboxylic acids is 1. The van der Waals surface area contributed by atoms with Crippen LogP contribution in [0.15, 0.2) is 24.3 Å². The van der Waals surface area contributed by atoms with Crippen LogP contribution in [0.1, 0.15) is 43.2 Å². The molecule has 1 aromatic carbocycles. The fourth-order valence-corrected chi connectivity index (χ4v) is 4.05. The van der Waals surface area contributed by atoms with Crippen molar-refractivity contribution in [3.63, 3.8) is 0 Å². The zero-order chi connectivity index (χ0) is 16.2. The van der Waals surface area contributed by atoms with E-state index >= 15 is 0 Å². The summed E-state index contributed by atoms with van der Waals surface area (Å²) in [5.74, 6) is 0.875. The fraction of sp³-hybridized carbons (Fsp3) is 0.632. The van der Waals surface area contributed by atoms with E-state index in [4.69, 9.17) is 0 Å². The molecule has 1 heterocycles. The van der Waals surface area contributed by atoms with Crippen molar-refractivity contribution in [3.05, 3.63) is 35.4 Å². The minimum atomic E-state index is 0. The summed E-state index contributed by atoms with van der Waals surface area (Å²) in [6, 6.07) is 8.94. The predicted molar refractivity (Wildman–Crippen MR) is 107 cm³/mol. The number of amides is 1. The van der Waals surface area contributed by atoms with Crippen molar-refractivity contribution >= 4 is 30.7 Å². The highest BCUT2D eigenvalue weighted by atomic mass is 35.5. The minimum absolute atomic E-state index is 0.